The van der Waals surface area contributed by atoms with Crippen LogP contribution in [0.4, 0.5) is 0 Å². The molecule has 118 valence electrons. The highest BCUT2D eigenvalue weighted by Crippen LogP contribution is 2.27. The Kier molecular flexibility index (Phi) is 6.48. The second-order valence-corrected chi connectivity index (χ2v) is 7.35. The van der Waals surface area contributed by atoms with Gasteiger partial charge >= 0.3 is 0 Å². The predicted molar refractivity (Wildman–Crippen MR) is 82.5 cm³/mol. The van der Waals surface area contributed by atoms with Gasteiger partial charge in [-0.25, -0.2) is 8.42 Å². The maximum atomic E-state index is 12.1. The molecule has 0 bridgehead atoms. The van der Waals surface area contributed by atoms with E-state index in [-0.39, 0.29) is 28.2 Å². The highest BCUT2D eigenvalue weighted by molar-refractivity contribution is 8.13. The number of unbranched alkanes of at least 4 members (excludes halogenated alkanes) is 1. The Morgan fingerprint density at radius 1 is 1.43 bits per heavy atom. The van der Waals surface area contributed by atoms with Gasteiger partial charge in [-0.3, -0.25) is 4.79 Å². The van der Waals surface area contributed by atoms with E-state index >= 15 is 0 Å². The third-order valence-electron chi connectivity index (χ3n) is 3.06. The van der Waals surface area contributed by atoms with Crippen LogP contribution in [0.3, 0.4) is 0 Å². The molecule has 1 atom stereocenters. The number of ether oxygens (including phenoxy) is 1. The number of carbonyl (C=O) groups excluding carboxylic acids is 1. The number of hydrogen-bond donors (Lipinski definition) is 1. The molecule has 1 N–H and O–H groups in total. The fourth-order valence-corrected chi connectivity index (χ4v) is 2.92. The van der Waals surface area contributed by atoms with E-state index in [1.807, 2.05) is 6.92 Å². The maximum absolute atomic E-state index is 12.1. The van der Waals surface area contributed by atoms with E-state index in [9.17, 15) is 13.2 Å². The number of methoxy groups -OCH3 is 1. The number of halogens is 1. The summed E-state index contributed by atoms with van der Waals surface area (Å²) >= 11 is 0. The van der Waals surface area contributed by atoms with E-state index in [1.165, 1.54) is 25.3 Å². The van der Waals surface area contributed by atoms with Crippen molar-refractivity contribution in [1.29, 1.82) is 0 Å². The van der Waals surface area contributed by atoms with Gasteiger partial charge in [-0.05, 0) is 31.5 Å². The Morgan fingerprint density at radius 2 is 2.10 bits per heavy atom. The summed E-state index contributed by atoms with van der Waals surface area (Å²) in [6.07, 6.45) is 2.95. The third-order valence-corrected chi connectivity index (χ3v) is 4.40. The Bertz CT molecular complexity index is 601. The summed E-state index contributed by atoms with van der Waals surface area (Å²) in [5, 5.41) is 2.83. The van der Waals surface area contributed by atoms with Crippen molar-refractivity contribution < 1.29 is 17.9 Å². The first kappa shape index (κ1) is 17.8. The molecule has 0 aliphatic rings. The van der Waals surface area contributed by atoms with Crippen LogP contribution in [0.1, 0.15) is 43.5 Å². The summed E-state index contributed by atoms with van der Waals surface area (Å²) < 4.78 is 28.0. The van der Waals surface area contributed by atoms with Crippen molar-refractivity contribution >= 4 is 25.6 Å². The number of benzene rings is 1. The van der Waals surface area contributed by atoms with Crippen molar-refractivity contribution in [2.24, 2.45) is 0 Å². The van der Waals surface area contributed by atoms with Crippen LogP contribution in [0.15, 0.2) is 23.1 Å². The number of rotatable bonds is 7. The minimum absolute atomic E-state index is 0.0237. The number of carbonyl (C=O) groups is 1. The molecular weight excluding hydrogens is 314 g/mol. The van der Waals surface area contributed by atoms with Crippen molar-refractivity contribution in [3.63, 3.8) is 0 Å². The Hall–Kier alpha value is -1.27. The van der Waals surface area contributed by atoms with Gasteiger partial charge in [0.15, 0.2) is 0 Å². The van der Waals surface area contributed by atoms with Crippen LogP contribution in [0.25, 0.3) is 0 Å². The van der Waals surface area contributed by atoms with Crippen molar-refractivity contribution in [3.05, 3.63) is 23.8 Å². The topological polar surface area (TPSA) is 72.5 Å². The van der Waals surface area contributed by atoms with E-state index < -0.39 is 9.05 Å². The van der Waals surface area contributed by atoms with Crippen molar-refractivity contribution in [2.75, 3.05) is 7.11 Å². The quantitative estimate of drug-likeness (QED) is 0.779. The summed E-state index contributed by atoms with van der Waals surface area (Å²) in [5.74, 6) is -0.219. The molecule has 0 fully saturated rings. The molecule has 1 aromatic carbocycles. The molecule has 7 heteroatoms. The number of hydrogen-bond acceptors (Lipinski definition) is 4. The van der Waals surface area contributed by atoms with Crippen molar-refractivity contribution in [1.82, 2.24) is 5.32 Å². The van der Waals surface area contributed by atoms with E-state index in [4.69, 9.17) is 15.4 Å². The first-order valence-corrected chi connectivity index (χ1v) is 9.04. The normalized spacial score (nSPS) is 12.8. The second-order valence-electron chi connectivity index (χ2n) is 4.82. The van der Waals surface area contributed by atoms with E-state index in [2.05, 4.69) is 12.2 Å². The molecule has 0 aromatic heterocycles. The largest absolute Gasteiger partial charge is 0.495 e. The van der Waals surface area contributed by atoms with Gasteiger partial charge in [0.25, 0.3) is 15.0 Å². The highest BCUT2D eigenvalue weighted by atomic mass is 35.7. The van der Waals surface area contributed by atoms with E-state index in [1.54, 1.807) is 0 Å². The van der Waals surface area contributed by atoms with Gasteiger partial charge in [-0.15, -0.1) is 0 Å². The predicted octanol–water partition coefficient (Wildman–Crippen LogP) is 2.93. The average molecular weight is 334 g/mol. The van der Waals surface area contributed by atoms with Gasteiger partial charge in [0.05, 0.1) is 7.11 Å². The van der Waals surface area contributed by atoms with Crippen LogP contribution >= 0.6 is 10.7 Å². The van der Waals surface area contributed by atoms with Crippen LogP contribution in [0, 0.1) is 0 Å². The molecule has 0 radical (unpaired) electrons. The lowest BCUT2D eigenvalue weighted by molar-refractivity contribution is 0.0937. The first-order valence-electron chi connectivity index (χ1n) is 6.73. The van der Waals surface area contributed by atoms with Gasteiger partial charge < -0.3 is 10.1 Å². The van der Waals surface area contributed by atoms with Crippen molar-refractivity contribution in [3.8, 4) is 5.75 Å². The summed E-state index contributed by atoms with van der Waals surface area (Å²) in [7, 11) is 2.72. The fourth-order valence-electron chi connectivity index (χ4n) is 1.90. The fraction of sp³-hybridized carbons (Fsp3) is 0.500. The summed E-state index contributed by atoms with van der Waals surface area (Å²) in [4.78, 5) is 11.9. The molecule has 0 spiro atoms. The van der Waals surface area contributed by atoms with Gasteiger partial charge in [-0.1, -0.05) is 19.8 Å². The maximum Gasteiger partial charge on any atom is 0.265 e. The molecular formula is C14H20ClNO4S. The molecule has 0 saturated carbocycles. The van der Waals surface area contributed by atoms with E-state index in [0.29, 0.717) is 0 Å². The smallest absolute Gasteiger partial charge is 0.265 e. The molecule has 0 saturated heterocycles. The number of amides is 1. The zero-order valence-electron chi connectivity index (χ0n) is 12.3. The molecule has 0 aliphatic carbocycles. The Morgan fingerprint density at radius 3 is 2.62 bits per heavy atom. The second kappa shape index (κ2) is 7.66. The lowest BCUT2D eigenvalue weighted by atomic mass is 10.1. The zero-order valence-corrected chi connectivity index (χ0v) is 13.9. The zero-order chi connectivity index (χ0) is 16.0. The van der Waals surface area contributed by atoms with Gasteiger partial charge in [-0.2, -0.15) is 0 Å². The van der Waals surface area contributed by atoms with Crippen molar-refractivity contribution in [2.45, 2.75) is 44.0 Å². The van der Waals surface area contributed by atoms with Crippen LogP contribution in [-0.4, -0.2) is 27.5 Å². The molecule has 1 amide bonds. The van der Waals surface area contributed by atoms with E-state index in [0.717, 1.165) is 19.3 Å². The average Bonchev–Trinajstić information content (AvgIpc) is 2.43. The van der Waals surface area contributed by atoms with Gasteiger partial charge in [0.1, 0.15) is 10.6 Å². The highest BCUT2D eigenvalue weighted by Gasteiger charge is 2.20. The third kappa shape index (κ3) is 5.21. The molecule has 1 aromatic rings. The lowest BCUT2D eigenvalue weighted by Crippen LogP contribution is -2.32. The Balaban J connectivity index is 2.96. The van der Waals surface area contributed by atoms with Crippen LogP contribution in [0.2, 0.25) is 0 Å². The molecule has 1 unspecified atom stereocenters. The molecule has 1 rings (SSSR count). The molecule has 0 aliphatic heterocycles. The SMILES string of the molecule is CCCCC(C)NC(=O)c1ccc(OC)c(S(=O)(=O)Cl)c1. The summed E-state index contributed by atoms with van der Waals surface area (Å²) in [6, 6.07) is 4.17. The van der Waals surface area contributed by atoms with Crippen LogP contribution in [0.5, 0.6) is 5.75 Å². The summed E-state index contributed by atoms with van der Waals surface area (Å²) in [6.45, 7) is 3.99. The molecule has 5 nitrogen and oxygen atoms in total. The standard InChI is InChI=1S/C14H20ClNO4S/c1-4-5-6-10(2)16-14(17)11-7-8-12(20-3)13(9-11)21(15,18)19/h7-10H,4-6H2,1-3H3,(H,16,17). The van der Waals surface area contributed by atoms with Gasteiger partial charge in [0.2, 0.25) is 0 Å². The monoisotopic (exact) mass is 333 g/mol. The Labute approximate surface area is 130 Å². The van der Waals surface area contributed by atoms with Crippen LogP contribution < -0.4 is 10.1 Å². The molecule has 0 heterocycles. The molecule has 21 heavy (non-hydrogen) atoms. The number of nitrogens with one attached hydrogen (secondary N) is 1. The minimum atomic E-state index is -3.98. The van der Waals surface area contributed by atoms with Crippen LogP contribution in [-0.2, 0) is 9.05 Å². The first-order chi connectivity index (χ1) is 9.79. The summed E-state index contributed by atoms with van der Waals surface area (Å²) in [5.41, 5.74) is 0.235. The minimum Gasteiger partial charge on any atom is -0.495 e. The lowest BCUT2D eigenvalue weighted by Gasteiger charge is -2.14. The van der Waals surface area contributed by atoms with Gasteiger partial charge in [0, 0.05) is 22.3 Å².